The van der Waals surface area contributed by atoms with Crippen LogP contribution < -0.4 is 0 Å². The van der Waals surface area contributed by atoms with E-state index in [4.69, 9.17) is 0 Å². The Kier molecular flexibility index (Phi) is 2.03. The van der Waals surface area contributed by atoms with E-state index >= 15 is 0 Å². The average molecular weight is 265 g/mol. The monoisotopic (exact) mass is 264 g/mol. The molecule has 2 aliphatic rings. The SMILES string of the molecule is CC1Cc2c(cc3c(c2Br)CCC3)C1=O. The lowest BCUT2D eigenvalue weighted by molar-refractivity contribution is 0.0946. The van der Waals surface area contributed by atoms with Crippen LogP contribution >= 0.6 is 15.9 Å². The number of ketones is 1. The van der Waals surface area contributed by atoms with Gasteiger partial charge in [-0.25, -0.2) is 0 Å². The van der Waals surface area contributed by atoms with Crippen LogP contribution in [0.2, 0.25) is 0 Å². The van der Waals surface area contributed by atoms with Gasteiger partial charge in [-0.3, -0.25) is 4.79 Å². The van der Waals surface area contributed by atoms with Crippen molar-refractivity contribution in [2.75, 3.05) is 0 Å². The van der Waals surface area contributed by atoms with Crippen LogP contribution in [0.4, 0.5) is 0 Å². The molecular weight excluding hydrogens is 252 g/mol. The Hall–Kier alpha value is -0.630. The quantitative estimate of drug-likeness (QED) is 0.703. The predicted octanol–water partition coefficient (Wildman–Crippen LogP) is 3.31. The van der Waals surface area contributed by atoms with E-state index in [1.807, 2.05) is 6.92 Å². The van der Waals surface area contributed by atoms with Crippen molar-refractivity contribution in [1.82, 2.24) is 0 Å². The first-order chi connectivity index (χ1) is 7.18. The molecule has 0 spiro atoms. The maximum atomic E-state index is 11.9. The zero-order valence-electron chi connectivity index (χ0n) is 8.77. The van der Waals surface area contributed by atoms with Crippen molar-refractivity contribution >= 4 is 21.7 Å². The Bertz CT molecular complexity index is 462. The normalized spacial score (nSPS) is 23.1. The Morgan fingerprint density at radius 1 is 1.33 bits per heavy atom. The van der Waals surface area contributed by atoms with Crippen molar-refractivity contribution in [3.8, 4) is 0 Å². The highest BCUT2D eigenvalue weighted by Gasteiger charge is 2.31. The van der Waals surface area contributed by atoms with Crippen molar-refractivity contribution in [3.05, 3.63) is 32.8 Å². The van der Waals surface area contributed by atoms with E-state index < -0.39 is 0 Å². The number of carbonyl (C=O) groups excluding carboxylic acids is 1. The molecule has 15 heavy (non-hydrogen) atoms. The van der Waals surface area contributed by atoms with E-state index in [2.05, 4.69) is 22.0 Å². The van der Waals surface area contributed by atoms with Crippen LogP contribution in [0.25, 0.3) is 0 Å². The number of hydrogen-bond acceptors (Lipinski definition) is 1. The first-order valence-corrected chi connectivity index (χ1v) is 6.35. The molecule has 0 saturated heterocycles. The van der Waals surface area contributed by atoms with E-state index in [-0.39, 0.29) is 5.92 Å². The molecule has 0 amide bonds. The molecule has 0 N–H and O–H groups in total. The summed E-state index contributed by atoms with van der Waals surface area (Å²) in [7, 11) is 0. The molecule has 0 bridgehead atoms. The molecule has 1 aromatic rings. The third-order valence-corrected chi connectivity index (χ3v) is 4.61. The van der Waals surface area contributed by atoms with Crippen LogP contribution in [0.3, 0.4) is 0 Å². The van der Waals surface area contributed by atoms with Crippen LogP contribution in [0, 0.1) is 5.92 Å². The number of benzene rings is 1. The van der Waals surface area contributed by atoms with Crippen LogP contribution in [0.15, 0.2) is 10.5 Å². The van der Waals surface area contributed by atoms with Crippen molar-refractivity contribution in [2.45, 2.75) is 32.6 Å². The highest BCUT2D eigenvalue weighted by Crippen LogP contribution is 2.39. The third kappa shape index (κ3) is 1.24. The fourth-order valence-corrected chi connectivity index (χ4v) is 3.65. The van der Waals surface area contributed by atoms with E-state index in [9.17, 15) is 4.79 Å². The molecule has 1 unspecified atom stereocenters. The van der Waals surface area contributed by atoms with Gasteiger partial charge in [-0.05, 0) is 48.4 Å². The molecule has 1 nitrogen and oxygen atoms in total. The van der Waals surface area contributed by atoms with Crippen LogP contribution in [0.5, 0.6) is 0 Å². The van der Waals surface area contributed by atoms with Gasteiger partial charge in [0.2, 0.25) is 0 Å². The van der Waals surface area contributed by atoms with Gasteiger partial charge < -0.3 is 0 Å². The van der Waals surface area contributed by atoms with E-state index in [0.717, 1.165) is 18.4 Å². The lowest BCUT2D eigenvalue weighted by Gasteiger charge is -2.08. The number of hydrogen-bond donors (Lipinski definition) is 0. The summed E-state index contributed by atoms with van der Waals surface area (Å²) in [4.78, 5) is 11.9. The number of fused-ring (bicyclic) bond motifs is 2. The molecule has 2 aliphatic carbocycles. The number of Topliss-reactive ketones (excluding diaryl/α,β-unsaturated/α-hetero) is 1. The molecule has 3 rings (SSSR count). The van der Waals surface area contributed by atoms with Crippen molar-refractivity contribution in [3.63, 3.8) is 0 Å². The maximum Gasteiger partial charge on any atom is 0.166 e. The minimum Gasteiger partial charge on any atom is -0.294 e. The summed E-state index contributed by atoms with van der Waals surface area (Å²) in [5, 5.41) is 0. The maximum absolute atomic E-state index is 11.9. The Balaban J connectivity index is 2.25. The van der Waals surface area contributed by atoms with E-state index in [1.54, 1.807) is 0 Å². The predicted molar refractivity (Wildman–Crippen MR) is 63.4 cm³/mol. The summed E-state index contributed by atoms with van der Waals surface area (Å²) >= 11 is 3.69. The standard InChI is InChI=1S/C13H13BrO/c1-7-5-10-11(13(7)15)6-8-3-2-4-9(8)12(10)14/h6-7H,2-5H2,1H3. The minimum atomic E-state index is 0.179. The third-order valence-electron chi connectivity index (χ3n) is 3.66. The van der Waals surface area contributed by atoms with Gasteiger partial charge in [0.25, 0.3) is 0 Å². The largest absolute Gasteiger partial charge is 0.294 e. The molecule has 2 heteroatoms. The summed E-state index contributed by atoms with van der Waals surface area (Å²) in [5.74, 6) is 0.513. The molecule has 1 aromatic carbocycles. The van der Waals surface area contributed by atoms with Crippen LogP contribution in [0.1, 0.15) is 40.4 Å². The van der Waals surface area contributed by atoms with E-state index in [1.165, 1.54) is 34.0 Å². The number of halogens is 1. The topological polar surface area (TPSA) is 17.1 Å². The Labute approximate surface area is 98.0 Å². The molecule has 0 saturated carbocycles. The lowest BCUT2D eigenvalue weighted by atomic mass is 10.0. The first kappa shape index (κ1) is 9.59. The molecular formula is C13H13BrO. The smallest absolute Gasteiger partial charge is 0.166 e. The van der Waals surface area contributed by atoms with Crippen LogP contribution in [-0.2, 0) is 19.3 Å². The van der Waals surface area contributed by atoms with Gasteiger partial charge in [-0.2, -0.15) is 0 Å². The minimum absolute atomic E-state index is 0.179. The van der Waals surface area contributed by atoms with Crippen molar-refractivity contribution < 1.29 is 4.79 Å². The van der Waals surface area contributed by atoms with Crippen molar-refractivity contribution in [1.29, 1.82) is 0 Å². The fourth-order valence-electron chi connectivity index (χ4n) is 2.82. The van der Waals surface area contributed by atoms with E-state index in [0.29, 0.717) is 5.78 Å². The summed E-state index contributed by atoms with van der Waals surface area (Å²) in [5.41, 5.74) is 5.09. The van der Waals surface area contributed by atoms with Gasteiger partial charge in [0.05, 0.1) is 0 Å². The lowest BCUT2D eigenvalue weighted by Crippen LogP contribution is -2.03. The van der Waals surface area contributed by atoms with Gasteiger partial charge in [0, 0.05) is 16.0 Å². The van der Waals surface area contributed by atoms with Gasteiger partial charge in [0.1, 0.15) is 0 Å². The average Bonchev–Trinajstić information content (AvgIpc) is 2.77. The summed E-state index contributed by atoms with van der Waals surface area (Å²) in [6, 6.07) is 2.15. The molecule has 1 atom stereocenters. The highest BCUT2D eigenvalue weighted by molar-refractivity contribution is 9.10. The second-order valence-electron chi connectivity index (χ2n) is 4.68. The molecule has 0 radical (unpaired) electrons. The molecule has 0 fully saturated rings. The highest BCUT2D eigenvalue weighted by atomic mass is 79.9. The number of aryl methyl sites for hydroxylation is 1. The van der Waals surface area contributed by atoms with Crippen molar-refractivity contribution in [2.24, 2.45) is 5.92 Å². The summed E-state index contributed by atoms with van der Waals surface area (Å²) in [6.07, 6.45) is 4.47. The Morgan fingerprint density at radius 2 is 2.13 bits per heavy atom. The first-order valence-electron chi connectivity index (χ1n) is 5.56. The summed E-state index contributed by atoms with van der Waals surface area (Å²) in [6.45, 7) is 2.03. The summed E-state index contributed by atoms with van der Waals surface area (Å²) < 4.78 is 1.23. The second kappa shape index (κ2) is 3.18. The molecule has 0 heterocycles. The number of carbonyl (C=O) groups is 1. The van der Waals surface area contributed by atoms with Gasteiger partial charge >= 0.3 is 0 Å². The van der Waals surface area contributed by atoms with Gasteiger partial charge in [-0.15, -0.1) is 0 Å². The second-order valence-corrected chi connectivity index (χ2v) is 5.47. The Morgan fingerprint density at radius 3 is 2.93 bits per heavy atom. The van der Waals surface area contributed by atoms with Gasteiger partial charge in [-0.1, -0.05) is 22.9 Å². The number of rotatable bonds is 0. The molecule has 78 valence electrons. The molecule has 0 aromatic heterocycles. The van der Waals surface area contributed by atoms with Gasteiger partial charge in [0.15, 0.2) is 5.78 Å². The molecule has 0 aliphatic heterocycles. The fraction of sp³-hybridized carbons (Fsp3) is 0.462. The zero-order valence-corrected chi connectivity index (χ0v) is 10.4. The van der Waals surface area contributed by atoms with Crippen LogP contribution in [-0.4, -0.2) is 5.78 Å². The zero-order chi connectivity index (χ0) is 10.6.